The van der Waals surface area contributed by atoms with Crippen molar-refractivity contribution in [2.24, 2.45) is 0 Å². The molecule has 5 aromatic rings. The molecule has 0 heterocycles. The first-order valence-electron chi connectivity index (χ1n) is 15.4. The molecule has 0 radical (unpaired) electrons. The van der Waals surface area contributed by atoms with Gasteiger partial charge in [-0.15, -0.1) is 0 Å². The number of hydrogen-bond donors (Lipinski definition) is 1. The van der Waals surface area contributed by atoms with Gasteiger partial charge in [-0.3, -0.25) is 0 Å². The number of carbonyl (C=O) groups is 1. The Hall–Kier alpha value is -2.75. The molecule has 0 unspecified atom stereocenters. The van der Waals surface area contributed by atoms with Crippen molar-refractivity contribution in [2.75, 3.05) is 0 Å². The number of rotatable bonds is 8. The van der Waals surface area contributed by atoms with Crippen LogP contribution in [0.1, 0.15) is 72.1 Å². The Kier molecular flexibility index (Phi) is 8.67. The van der Waals surface area contributed by atoms with Gasteiger partial charge in [-0.2, -0.15) is 0 Å². The molecule has 6 heteroatoms. The van der Waals surface area contributed by atoms with Crippen LogP contribution in [0.15, 0.2) is 121 Å². The second kappa shape index (κ2) is 12.2. The third kappa shape index (κ3) is 5.49. The normalized spacial score (nSPS) is 13.4. The Balaban J connectivity index is 1.65. The van der Waals surface area contributed by atoms with Crippen LogP contribution in [-0.4, -0.2) is 11.8 Å². The molecular weight excluding hydrogens is 677 g/mol. The Bertz CT molecular complexity index is 1770. The third-order valence-corrected chi connectivity index (χ3v) is 43.8. The minimum atomic E-state index is -5.64. The monoisotopic (exact) mass is 712 g/mol. The number of amides is 1. The van der Waals surface area contributed by atoms with Crippen LogP contribution < -0.4 is 16.9 Å². The van der Waals surface area contributed by atoms with Gasteiger partial charge in [0.2, 0.25) is 0 Å². The average Bonchev–Trinajstić information content (AvgIpc) is 3.40. The van der Waals surface area contributed by atoms with Crippen LogP contribution >= 0.6 is 17.0 Å². The topological polar surface area (TPSA) is 29.1 Å². The standard InChI is InChI=1S/C13H19NO.C13H9.C12H11Si.2ClH.Zr/c1-8(2)10-6-5-7-11(9(3)4)12(10)13(14)15;1-3-7-12-10(5-1)9-11-6-2-4-8-13(11)12;1-3-7-11(8-4-1)13-12-9-5-2-6-10-12;;;/h5-9H,1-4H3,(H2,14,15);1-5,7-8H,9H2;1-10,13H;2*1H;/q;;;;;+3/p-3. The number of carbonyl (C=O) groups excluding carboxylic acids is 1. The van der Waals surface area contributed by atoms with Crippen LogP contribution in [0.3, 0.4) is 0 Å². The zero-order valence-corrected chi connectivity index (χ0v) is 30.8. The van der Waals surface area contributed by atoms with Gasteiger partial charge in [-0.1, -0.05) is 0 Å². The summed E-state index contributed by atoms with van der Waals surface area (Å²) in [5.74, 6) is -2.35. The molecule has 223 valence electrons. The minimum absolute atomic E-state index is 0.160. The Morgan fingerprint density at radius 2 is 1.16 bits per heavy atom. The molecular formula is C38H38Cl2NOSiZr. The third-order valence-electron chi connectivity index (χ3n) is 9.06. The van der Waals surface area contributed by atoms with Crippen LogP contribution in [-0.2, 0) is 22.3 Å². The molecule has 0 aromatic heterocycles. The Labute approximate surface area is 270 Å². The molecule has 1 aliphatic rings. The van der Waals surface area contributed by atoms with Crippen molar-refractivity contribution in [3.8, 4) is 11.1 Å². The first-order valence-corrected chi connectivity index (χ1v) is 30.2. The maximum atomic E-state index is 15.0. The summed E-state index contributed by atoms with van der Waals surface area (Å²) in [6.07, 6.45) is 0.741. The molecule has 0 aliphatic heterocycles. The van der Waals surface area contributed by atoms with Crippen molar-refractivity contribution in [3.05, 3.63) is 149 Å². The van der Waals surface area contributed by atoms with Gasteiger partial charge in [0.15, 0.2) is 0 Å². The number of benzene rings is 5. The van der Waals surface area contributed by atoms with E-state index >= 15 is 0 Å². The van der Waals surface area contributed by atoms with Crippen LogP contribution in [0, 0.1) is 0 Å². The zero-order chi connectivity index (χ0) is 31.1. The van der Waals surface area contributed by atoms with E-state index in [9.17, 15) is 4.79 Å². The number of hydrogen-bond acceptors (Lipinski definition) is 1. The first kappa shape index (κ1) is 31.2. The van der Waals surface area contributed by atoms with E-state index in [2.05, 4.69) is 140 Å². The van der Waals surface area contributed by atoms with Crippen molar-refractivity contribution in [2.45, 2.75) is 46.0 Å². The van der Waals surface area contributed by atoms with Crippen LogP contribution in [0.4, 0.5) is 0 Å². The molecule has 0 saturated carbocycles. The van der Waals surface area contributed by atoms with E-state index in [0.29, 0.717) is 5.56 Å². The fourth-order valence-corrected chi connectivity index (χ4v) is 44.1. The summed E-state index contributed by atoms with van der Waals surface area (Å²) in [6, 6.07) is 41.9. The molecule has 1 amide bonds. The van der Waals surface area contributed by atoms with Gasteiger partial charge in [-0.25, -0.2) is 0 Å². The van der Waals surface area contributed by atoms with E-state index in [-0.39, 0.29) is 17.7 Å². The SMILES string of the molecule is CC(C)c1cccc(C(C)C)c1C(=O)[NH][Zr]([Cl])([Cl])([c]1cccc2c1Cc1ccccc1-2)[SiH](c1ccccc1)c1ccccc1. The van der Waals surface area contributed by atoms with Crippen molar-refractivity contribution in [1.29, 1.82) is 0 Å². The second-order valence-corrected chi connectivity index (χ2v) is 47.9. The molecule has 0 bridgehead atoms. The zero-order valence-electron chi connectivity index (χ0n) is 25.7. The summed E-state index contributed by atoms with van der Waals surface area (Å²) in [6.45, 7) is 8.54. The maximum absolute atomic E-state index is 15.0. The molecule has 44 heavy (non-hydrogen) atoms. The molecule has 0 spiro atoms. The summed E-state index contributed by atoms with van der Waals surface area (Å²) < 4.78 is 4.56. The van der Waals surface area contributed by atoms with Gasteiger partial charge in [0.1, 0.15) is 0 Å². The van der Waals surface area contributed by atoms with Crippen molar-refractivity contribution >= 4 is 42.5 Å². The van der Waals surface area contributed by atoms with Crippen LogP contribution in [0.2, 0.25) is 0 Å². The van der Waals surface area contributed by atoms with E-state index < -0.39 is 21.8 Å². The Morgan fingerprint density at radius 3 is 1.73 bits per heavy atom. The van der Waals surface area contributed by atoms with Gasteiger partial charge in [0.25, 0.3) is 0 Å². The molecule has 5 aromatic carbocycles. The van der Waals surface area contributed by atoms with Crippen LogP contribution in [0.25, 0.3) is 11.1 Å². The van der Waals surface area contributed by atoms with E-state index in [1.54, 1.807) is 0 Å². The van der Waals surface area contributed by atoms with Gasteiger partial charge in [0.05, 0.1) is 0 Å². The Morgan fingerprint density at radius 1 is 0.659 bits per heavy atom. The summed E-state index contributed by atoms with van der Waals surface area (Å²) in [5.41, 5.74) is 7.53. The second-order valence-electron chi connectivity index (χ2n) is 12.6. The molecule has 2 nitrogen and oxygen atoms in total. The fourth-order valence-electron chi connectivity index (χ4n) is 7.03. The van der Waals surface area contributed by atoms with Crippen molar-refractivity contribution in [3.63, 3.8) is 0 Å². The molecule has 1 N–H and O–H groups in total. The predicted octanol–water partition coefficient (Wildman–Crippen LogP) is 8.01. The molecule has 0 saturated heterocycles. The van der Waals surface area contributed by atoms with Gasteiger partial charge < -0.3 is 0 Å². The summed E-state index contributed by atoms with van der Waals surface area (Å²) in [7, 11) is 16.8. The van der Waals surface area contributed by atoms with E-state index in [4.69, 9.17) is 17.0 Å². The molecule has 6 rings (SSSR count). The molecule has 0 atom stereocenters. The van der Waals surface area contributed by atoms with Crippen molar-refractivity contribution in [1.82, 2.24) is 3.26 Å². The van der Waals surface area contributed by atoms with Gasteiger partial charge >= 0.3 is 273 Å². The first-order chi connectivity index (χ1) is 21.1. The quantitative estimate of drug-likeness (QED) is 0.159. The predicted molar refractivity (Wildman–Crippen MR) is 187 cm³/mol. The van der Waals surface area contributed by atoms with E-state index in [0.717, 1.165) is 42.3 Å². The summed E-state index contributed by atoms with van der Waals surface area (Å²) in [5, 5.41) is 2.26. The number of fused-ring (bicyclic) bond motifs is 3. The molecule has 0 fully saturated rings. The summed E-state index contributed by atoms with van der Waals surface area (Å²) in [4.78, 5) is 15.0. The van der Waals surface area contributed by atoms with Crippen molar-refractivity contribution < 1.29 is 20.6 Å². The van der Waals surface area contributed by atoms with E-state index in [1.165, 1.54) is 11.1 Å². The fraction of sp³-hybridized carbons (Fsp3) is 0.184. The number of halogens is 2. The molecule has 1 aliphatic carbocycles. The summed E-state index contributed by atoms with van der Waals surface area (Å²) >= 11 is -5.64. The average molecular weight is 715 g/mol. The number of nitrogens with one attached hydrogen (secondary N) is 1. The van der Waals surface area contributed by atoms with E-state index in [1.807, 2.05) is 12.1 Å². The van der Waals surface area contributed by atoms with Gasteiger partial charge in [-0.05, 0) is 0 Å². The van der Waals surface area contributed by atoms with Crippen LogP contribution in [0.5, 0.6) is 0 Å². The van der Waals surface area contributed by atoms with Gasteiger partial charge in [0, 0.05) is 0 Å².